The van der Waals surface area contributed by atoms with Gasteiger partial charge in [-0.2, -0.15) is 0 Å². The van der Waals surface area contributed by atoms with Crippen molar-refractivity contribution in [3.05, 3.63) is 49.6 Å². The van der Waals surface area contributed by atoms with Gasteiger partial charge in [-0.1, -0.05) is 0 Å². The Morgan fingerprint density at radius 2 is 0.500 bits per heavy atom. The van der Waals surface area contributed by atoms with Crippen LogP contribution in [0.4, 0.5) is 0 Å². The van der Waals surface area contributed by atoms with Gasteiger partial charge in [-0.25, -0.2) is 0 Å². The molecule has 0 amide bonds. The van der Waals surface area contributed by atoms with Crippen molar-refractivity contribution in [1.82, 2.24) is 19.9 Å². The topological polar surface area (TPSA) is 51.6 Å². The van der Waals surface area contributed by atoms with Crippen molar-refractivity contribution < 1.29 is 0 Å². The van der Waals surface area contributed by atoms with Crippen LogP contribution < -0.4 is 0 Å². The lowest BCUT2D eigenvalue weighted by molar-refractivity contribution is 1.20. The van der Waals surface area contributed by atoms with Crippen molar-refractivity contribution in [2.24, 2.45) is 0 Å². The zero-order chi connectivity index (χ0) is 8.49. The van der Waals surface area contributed by atoms with Crippen LogP contribution in [-0.4, -0.2) is 19.9 Å². The molecule has 0 spiro atoms. The molecule has 2 aromatic rings. The van der Waals surface area contributed by atoms with Crippen molar-refractivity contribution in [2.75, 3.05) is 0 Å². The summed E-state index contributed by atoms with van der Waals surface area (Å²) in [4.78, 5) is 14.9. The van der Waals surface area contributed by atoms with Crippen LogP contribution in [0.5, 0.6) is 0 Å². The van der Waals surface area contributed by atoms with Gasteiger partial charge in [0.05, 0.1) is 0 Å². The average molecular weight is 160 g/mol. The number of hydrogen-bond donors (Lipinski definition) is 0. The summed E-state index contributed by atoms with van der Waals surface area (Å²) in [5.74, 6) is 0. The van der Waals surface area contributed by atoms with E-state index in [1.807, 2.05) is 0 Å². The number of nitrogens with zero attached hydrogens (tertiary/aromatic N) is 4. The largest absolute Gasteiger partial charge is 0.262 e. The zero-order valence-corrected chi connectivity index (χ0v) is 6.41. The lowest BCUT2D eigenvalue weighted by atomic mass is 10.8. The van der Waals surface area contributed by atoms with Crippen LogP contribution in [0, 0.1) is 0 Å². The summed E-state index contributed by atoms with van der Waals surface area (Å²) in [5, 5.41) is 0. The van der Waals surface area contributed by atoms with Crippen LogP contribution in [-0.2, 0) is 0 Å². The third kappa shape index (κ3) is 4.05. The fourth-order valence-electron chi connectivity index (χ4n) is 0.507. The first-order valence-corrected chi connectivity index (χ1v) is 3.40. The molecule has 0 radical (unpaired) electrons. The Labute approximate surface area is 70.4 Å². The molecule has 0 aliphatic rings. The van der Waals surface area contributed by atoms with Crippen LogP contribution in [0.15, 0.2) is 49.6 Å². The highest BCUT2D eigenvalue weighted by molar-refractivity contribution is 4.71. The predicted molar refractivity (Wildman–Crippen MR) is 44.1 cm³/mol. The lowest BCUT2D eigenvalue weighted by Crippen LogP contribution is -1.66. The molecule has 60 valence electrons. The van der Waals surface area contributed by atoms with Crippen LogP contribution in [0.2, 0.25) is 0 Å². The molecule has 0 N–H and O–H groups in total. The van der Waals surface area contributed by atoms with Crippen molar-refractivity contribution >= 4 is 0 Å². The first-order valence-electron chi connectivity index (χ1n) is 3.40. The zero-order valence-electron chi connectivity index (χ0n) is 6.41. The van der Waals surface area contributed by atoms with Gasteiger partial charge in [0.2, 0.25) is 0 Å². The summed E-state index contributed by atoms with van der Waals surface area (Å²) in [6.45, 7) is 0. The van der Waals surface area contributed by atoms with Gasteiger partial charge in [-0.3, -0.25) is 19.9 Å². The first kappa shape index (κ1) is 8.26. The van der Waals surface area contributed by atoms with Crippen molar-refractivity contribution in [3.63, 3.8) is 0 Å². The monoisotopic (exact) mass is 160 g/mol. The molecule has 0 unspecified atom stereocenters. The van der Waals surface area contributed by atoms with Gasteiger partial charge in [0.15, 0.2) is 0 Å². The molecule has 0 aliphatic heterocycles. The maximum Gasteiger partial charge on any atom is 0.0451 e. The van der Waals surface area contributed by atoms with E-state index in [-0.39, 0.29) is 0 Å². The molecule has 0 saturated heterocycles. The Kier molecular flexibility index (Phi) is 4.07. The van der Waals surface area contributed by atoms with Crippen LogP contribution in [0.25, 0.3) is 0 Å². The van der Waals surface area contributed by atoms with E-state index < -0.39 is 0 Å². The van der Waals surface area contributed by atoms with Gasteiger partial charge in [0, 0.05) is 49.6 Å². The lowest BCUT2D eigenvalue weighted by Gasteiger charge is -1.70. The van der Waals surface area contributed by atoms with E-state index in [1.165, 1.54) is 0 Å². The molecule has 0 atom stereocenters. The Morgan fingerprint density at radius 3 is 0.583 bits per heavy atom. The summed E-state index contributed by atoms with van der Waals surface area (Å²) in [7, 11) is 0. The Morgan fingerprint density at radius 1 is 0.333 bits per heavy atom. The molecule has 2 aromatic heterocycles. The van der Waals surface area contributed by atoms with Crippen LogP contribution in [0.1, 0.15) is 0 Å². The van der Waals surface area contributed by atoms with Gasteiger partial charge in [-0.05, 0) is 0 Å². The van der Waals surface area contributed by atoms with E-state index in [9.17, 15) is 0 Å². The quantitative estimate of drug-likeness (QED) is 0.575. The molecular weight excluding hydrogens is 152 g/mol. The summed E-state index contributed by atoms with van der Waals surface area (Å²) >= 11 is 0. The molecule has 2 rings (SSSR count). The van der Waals surface area contributed by atoms with Crippen molar-refractivity contribution in [1.29, 1.82) is 0 Å². The van der Waals surface area contributed by atoms with E-state index in [0.29, 0.717) is 0 Å². The summed E-state index contributed by atoms with van der Waals surface area (Å²) < 4.78 is 0. The fourth-order valence-corrected chi connectivity index (χ4v) is 0.507. The van der Waals surface area contributed by atoms with Crippen LogP contribution in [0.3, 0.4) is 0 Å². The predicted octanol–water partition coefficient (Wildman–Crippen LogP) is 0.953. The smallest absolute Gasteiger partial charge is 0.0451 e. The Hall–Kier alpha value is -1.84. The van der Waals surface area contributed by atoms with Gasteiger partial charge in [-0.15, -0.1) is 0 Å². The van der Waals surface area contributed by atoms with Crippen LogP contribution >= 0.6 is 0 Å². The van der Waals surface area contributed by atoms with Crippen molar-refractivity contribution in [3.8, 4) is 0 Å². The fraction of sp³-hybridized carbons (Fsp3) is 0. The van der Waals surface area contributed by atoms with E-state index >= 15 is 0 Å². The second-order valence-corrected chi connectivity index (χ2v) is 1.79. The molecule has 4 nitrogen and oxygen atoms in total. The molecule has 12 heavy (non-hydrogen) atoms. The van der Waals surface area contributed by atoms with E-state index in [0.717, 1.165) is 0 Å². The summed E-state index contributed by atoms with van der Waals surface area (Å²) in [6.07, 6.45) is 13.1. The second-order valence-electron chi connectivity index (χ2n) is 1.79. The highest BCUT2D eigenvalue weighted by Gasteiger charge is 1.59. The SMILES string of the molecule is c1cnccn1.c1cnccn1. The van der Waals surface area contributed by atoms with E-state index in [1.54, 1.807) is 49.6 Å². The molecular formula is C8H8N4. The minimum atomic E-state index is 1.64. The maximum atomic E-state index is 3.72. The third-order valence-electron chi connectivity index (χ3n) is 0.955. The van der Waals surface area contributed by atoms with Gasteiger partial charge in [0.25, 0.3) is 0 Å². The van der Waals surface area contributed by atoms with E-state index in [4.69, 9.17) is 0 Å². The molecule has 4 heteroatoms. The van der Waals surface area contributed by atoms with Gasteiger partial charge >= 0.3 is 0 Å². The standard InChI is InChI=1S/2C4H4N2/c2*1-2-6-4-3-5-1/h2*1-4H. The average Bonchev–Trinajstić information content (AvgIpc) is 2.24. The maximum absolute atomic E-state index is 3.72. The molecule has 0 bridgehead atoms. The minimum Gasteiger partial charge on any atom is -0.262 e. The Balaban J connectivity index is 0.000000120. The first-order chi connectivity index (χ1) is 6.00. The van der Waals surface area contributed by atoms with E-state index in [2.05, 4.69) is 19.9 Å². The van der Waals surface area contributed by atoms with Crippen molar-refractivity contribution in [2.45, 2.75) is 0 Å². The summed E-state index contributed by atoms with van der Waals surface area (Å²) in [6, 6.07) is 0. The molecule has 0 aromatic carbocycles. The van der Waals surface area contributed by atoms with Gasteiger partial charge in [0.1, 0.15) is 0 Å². The minimum absolute atomic E-state index is 1.64. The number of rotatable bonds is 0. The summed E-state index contributed by atoms with van der Waals surface area (Å²) in [5.41, 5.74) is 0. The number of hydrogen-bond acceptors (Lipinski definition) is 4. The van der Waals surface area contributed by atoms with Gasteiger partial charge < -0.3 is 0 Å². The normalized spacial score (nSPS) is 8.00. The molecule has 0 aliphatic carbocycles. The molecule has 0 saturated carbocycles. The highest BCUT2D eigenvalue weighted by Crippen LogP contribution is 1.66. The molecule has 0 fully saturated rings. The Bertz CT molecular complexity index is 186. The molecule has 2 heterocycles. The second kappa shape index (κ2) is 5.91. The highest BCUT2D eigenvalue weighted by atomic mass is 14.7. The third-order valence-corrected chi connectivity index (χ3v) is 0.955. The number of aromatic nitrogens is 4.